The van der Waals surface area contributed by atoms with Gasteiger partial charge in [0.05, 0.1) is 10.8 Å². The van der Waals surface area contributed by atoms with Crippen LogP contribution in [0.3, 0.4) is 0 Å². The highest BCUT2D eigenvalue weighted by Crippen LogP contribution is 2.35. The molecule has 1 saturated carbocycles. The molecule has 0 unspecified atom stereocenters. The molecule has 0 aromatic heterocycles. The van der Waals surface area contributed by atoms with E-state index in [9.17, 15) is 17.6 Å². The lowest BCUT2D eigenvalue weighted by atomic mass is 10.1. The van der Waals surface area contributed by atoms with Gasteiger partial charge in [0.25, 0.3) is 0 Å². The van der Waals surface area contributed by atoms with E-state index in [2.05, 4.69) is 0 Å². The lowest BCUT2D eigenvalue weighted by molar-refractivity contribution is 0.101. The van der Waals surface area contributed by atoms with Crippen LogP contribution in [0.15, 0.2) is 23.1 Å². The lowest BCUT2D eigenvalue weighted by Gasteiger charge is -2.06. The van der Waals surface area contributed by atoms with Gasteiger partial charge in [0.2, 0.25) is 0 Å². The summed E-state index contributed by atoms with van der Waals surface area (Å²) < 4.78 is 37.5. The second kappa shape index (κ2) is 3.66. The van der Waals surface area contributed by atoms with Crippen LogP contribution in [0.25, 0.3) is 0 Å². The van der Waals surface area contributed by atoms with Crippen LogP contribution >= 0.6 is 0 Å². The summed E-state index contributed by atoms with van der Waals surface area (Å²) in [5.74, 6) is -1.38. The first-order chi connectivity index (χ1) is 7.44. The van der Waals surface area contributed by atoms with Gasteiger partial charge < -0.3 is 0 Å². The molecular weight excluding hydrogens is 231 g/mol. The molecule has 0 spiro atoms. The average molecular weight is 242 g/mol. The van der Waals surface area contributed by atoms with Gasteiger partial charge >= 0.3 is 0 Å². The molecule has 0 bridgehead atoms. The molecule has 1 aliphatic rings. The van der Waals surface area contributed by atoms with E-state index >= 15 is 0 Å². The fourth-order valence-corrected chi connectivity index (χ4v) is 3.30. The van der Waals surface area contributed by atoms with Gasteiger partial charge in [-0.05, 0) is 31.9 Å². The summed E-state index contributed by atoms with van der Waals surface area (Å²) in [6.45, 7) is 1.21. The second-order valence-electron chi connectivity index (χ2n) is 3.92. The van der Waals surface area contributed by atoms with Crippen LogP contribution < -0.4 is 0 Å². The van der Waals surface area contributed by atoms with Crippen LogP contribution in [0.4, 0.5) is 4.39 Å². The maximum Gasteiger partial charge on any atom is 0.184 e. The van der Waals surface area contributed by atoms with Crippen molar-refractivity contribution in [1.82, 2.24) is 0 Å². The monoisotopic (exact) mass is 242 g/mol. The molecule has 5 heteroatoms. The van der Waals surface area contributed by atoms with Gasteiger partial charge in [0, 0.05) is 0 Å². The molecule has 2 rings (SSSR count). The molecule has 1 aromatic carbocycles. The van der Waals surface area contributed by atoms with Crippen molar-refractivity contribution in [3.63, 3.8) is 0 Å². The van der Waals surface area contributed by atoms with Crippen molar-refractivity contribution in [3.05, 3.63) is 29.6 Å². The SMILES string of the molecule is CC(=O)c1cccc(S(=O)(=O)C2CC2)c1F. The first-order valence-corrected chi connectivity index (χ1v) is 6.52. The topological polar surface area (TPSA) is 51.2 Å². The summed E-state index contributed by atoms with van der Waals surface area (Å²) in [5, 5.41) is -0.468. The molecule has 0 aliphatic heterocycles. The van der Waals surface area contributed by atoms with E-state index in [1.165, 1.54) is 25.1 Å². The van der Waals surface area contributed by atoms with Gasteiger partial charge in [0.1, 0.15) is 4.90 Å². The maximum absolute atomic E-state index is 13.8. The molecule has 0 heterocycles. The summed E-state index contributed by atoms with van der Waals surface area (Å²) >= 11 is 0. The molecule has 0 amide bonds. The first kappa shape index (κ1) is 11.3. The molecular formula is C11H11FO3S. The summed E-state index contributed by atoms with van der Waals surface area (Å²) in [6, 6.07) is 3.91. The van der Waals surface area contributed by atoms with E-state index < -0.39 is 26.7 Å². The first-order valence-electron chi connectivity index (χ1n) is 4.98. The molecule has 86 valence electrons. The standard InChI is InChI=1S/C11H11FO3S/c1-7(13)9-3-2-4-10(11(9)12)16(14,15)8-5-6-8/h2-4,8H,5-6H2,1H3. The number of benzene rings is 1. The molecule has 1 aromatic rings. The minimum Gasteiger partial charge on any atom is -0.294 e. The van der Waals surface area contributed by atoms with Crippen LogP contribution in [0.5, 0.6) is 0 Å². The average Bonchev–Trinajstić information content (AvgIpc) is 3.00. The Kier molecular flexibility index (Phi) is 2.58. The Morgan fingerprint density at radius 3 is 2.50 bits per heavy atom. The zero-order valence-electron chi connectivity index (χ0n) is 8.73. The second-order valence-corrected chi connectivity index (χ2v) is 6.11. The number of ketones is 1. The quantitative estimate of drug-likeness (QED) is 0.761. The van der Waals surface area contributed by atoms with Crippen molar-refractivity contribution in [3.8, 4) is 0 Å². The summed E-state index contributed by atoms with van der Waals surface area (Å²) in [7, 11) is -3.58. The van der Waals surface area contributed by atoms with E-state index in [0.717, 1.165) is 0 Å². The highest BCUT2D eigenvalue weighted by Gasteiger charge is 2.38. The van der Waals surface area contributed by atoms with Crippen LogP contribution in [0.1, 0.15) is 30.1 Å². The highest BCUT2D eigenvalue weighted by atomic mass is 32.2. The van der Waals surface area contributed by atoms with E-state index in [-0.39, 0.29) is 10.5 Å². The van der Waals surface area contributed by atoms with Crippen LogP contribution in [0, 0.1) is 5.82 Å². The molecule has 0 radical (unpaired) electrons. The third-order valence-corrected chi connectivity index (χ3v) is 4.89. The van der Waals surface area contributed by atoms with Gasteiger partial charge in [0.15, 0.2) is 21.4 Å². The van der Waals surface area contributed by atoms with Crippen molar-refractivity contribution in [2.45, 2.75) is 29.9 Å². The largest absolute Gasteiger partial charge is 0.294 e. The fourth-order valence-electron chi connectivity index (χ4n) is 1.56. The van der Waals surface area contributed by atoms with E-state index in [1.54, 1.807) is 0 Å². The maximum atomic E-state index is 13.8. The van der Waals surface area contributed by atoms with Crippen molar-refractivity contribution in [2.24, 2.45) is 0 Å². The number of rotatable bonds is 3. The Balaban J connectivity index is 2.58. The van der Waals surface area contributed by atoms with Gasteiger partial charge in [-0.3, -0.25) is 4.79 Å². The smallest absolute Gasteiger partial charge is 0.184 e. The third kappa shape index (κ3) is 1.75. The number of hydrogen-bond acceptors (Lipinski definition) is 3. The number of sulfone groups is 1. The molecule has 16 heavy (non-hydrogen) atoms. The minimum atomic E-state index is -3.58. The van der Waals surface area contributed by atoms with Crippen LogP contribution in [-0.2, 0) is 9.84 Å². The minimum absolute atomic E-state index is 0.165. The molecule has 1 fully saturated rings. The van der Waals surface area contributed by atoms with Crippen LogP contribution in [-0.4, -0.2) is 19.5 Å². The molecule has 0 saturated heterocycles. The predicted molar refractivity (Wildman–Crippen MR) is 56.6 cm³/mol. The Labute approximate surface area is 93.2 Å². The number of halogens is 1. The van der Waals surface area contributed by atoms with Gasteiger partial charge in [-0.25, -0.2) is 12.8 Å². The Morgan fingerprint density at radius 1 is 1.38 bits per heavy atom. The van der Waals surface area contributed by atoms with E-state index in [0.29, 0.717) is 12.8 Å². The fraction of sp³-hybridized carbons (Fsp3) is 0.364. The molecule has 0 atom stereocenters. The van der Waals surface area contributed by atoms with Crippen molar-refractivity contribution < 1.29 is 17.6 Å². The van der Waals surface area contributed by atoms with Gasteiger partial charge in [-0.1, -0.05) is 6.07 Å². The van der Waals surface area contributed by atoms with Gasteiger partial charge in [-0.2, -0.15) is 0 Å². The molecule has 3 nitrogen and oxygen atoms in total. The van der Waals surface area contributed by atoms with E-state index in [1.807, 2.05) is 0 Å². The summed E-state index contributed by atoms with van der Waals surface area (Å²) in [5.41, 5.74) is -0.165. The zero-order chi connectivity index (χ0) is 11.9. The predicted octanol–water partition coefficient (Wildman–Crippen LogP) is 1.96. The molecule has 0 N–H and O–H groups in total. The van der Waals surface area contributed by atoms with Crippen molar-refractivity contribution in [2.75, 3.05) is 0 Å². The molecule has 1 aliphatic carbocycles. The van der Waals surface area contributed by atoms with E-state index in [4.69, 9.17) is 0 Å². The number of carbonyl (C=O) groups is 1. The van der Waals surface area contributed by atoms with Gasteiger partial charge in [-0.15, -0.1) is 0 Å². The van der Waals surface area contributed by atoms with Crippen molar-refractivity contribution in [1.29, 1.82) is 0 Å². The van der Waals surface area contributed by atoms with Crippen LogP contribution in [0.2, 0.25) is 0 Å². The highest BCUT2D eigenvalue weighted by molar-refractivity contribution is 7.92. The number of Topliss-reactive ketones (excluding diaryl/α,β-unsaturated/α-hetero) is 1. The number of hydrogen-bond donors (Lipinski definition) is 0. The number of carbonyl (C=O) groups excluding carboxylic acids is 1. The third-order valence-electron chi connectivity index (χ3n) is 2.61. The Hall–Kier alpha value is -1.23. The van der Waals surface area contributed by atoms with Crippen molar-refractivity contribution >= 4 is 15.6 Å². The Bertz CT molecular complexity index is 544. The Morgan fingerprint density at radius 2 is 2.00 bits per heavy atom. The summed E-state index contributed by atoms with van der Waals surface area (Å²) in [6.07, 6.45) is 1.15. The summed E-state index contributed by atoms with van der Waals surface area (Å²) in [4.78, 5) is 10.8. The lowest BCUT2D eigenvalue weighted by Crippen LogP contribution is -2.11. The normalized spacial score (nSPS) is 16.1. The zero-order valence-corrected chi connectivity index (χ0v) is 9.55.